The summed E-state index contributed by atoms with van der Waals surface area (Å²) in [4.78, 5) is 12.2. The summed E-state index contributed by atoms with van der Waals surface area (Å²) in [5.41, 5.74) is 0.491. The van der Waals surface area contributed by atoms with Gasteiger partial charge in [0.15, 0.2) is 6.61 Å². The first-order valence-corrected chi connectivity index (χ1v) is 9.03. The van der Waals surface area contributed by atoms with E-state index in [-0.39, 0.29) is 29.8 Å². The third-order valence-electron chi connectivity index (χ3n) is 3.45. The average molecular weight is 399 g/mol. The quantitative estimate of drug-likeness (QED) is 0.497. The van der Waals surface area contributed by atoms with Crippen molar-refractivity contribution in [2.45, 2.75) is 6.92 Å². The molecule has 7 heteroatoms. The molecule has 3 aromatic rings. The Morgan fingerprint density at radius 3 is 2.68 bits per heavy atom. The number of thiophene rings is 1. The zero-order valence-corrected chi connectivity index (χ0v) is 15.5. The highest BCUT2D eigenvalue weighted by molar-refractivity contribution is 7.23. The lowest BCUT2D eigenvalue weighted by Gasteiger charge is -2.09. The molecule has 0 unspecified atom stereocenters. The number of carbonyl (C=O) groups is 1. The normalized spacial score (nSPS) is 10.9. The molecule has 0 aliphatic carbocycles. The Hall–Kier alpha value is -1.82. The lowest BCUT2D eigenvalue weighted by atomic mass is 10.1. The van der Waals surface area contributed by atoms with Crippen molar-refractivity contribution in [2.75, 3.05) is 13.2 Å². The van der Waals surface area contributed by atoms with E-state index in [0.29, 0.717) is 10.6 Å². The third-order valence-corrected chi connectivity index (χ3v) is 5.61. The molecule has 0 saturated carbocycles. The van der Waals surface area contributed by atoms with E-state index in [1.54, 1.807) is 31.2 Å². The Kier molecular flexibility index (Phi) is 5.47. The summed E-state index contributed by atoms with van der Waals surface area (Å²) in [5, 5.41) is 1.28. The number of carbonyl (C=O) groups excluding carboxylic acids is 1. The first-order valence-electron chi connectivity index (χ1n) is 7.46. The van der Waals surface area contributed by atoms with Crippen LogP contribution in [-0.2, 0) is 9.53 Å². The molecule has 0 fully saturated rings. The fourth-order valence-corrected chi connectivity index (χ4v) is 4.02. The lowest BCUT2D eigenvalue weighted by molar-refractivity contribution is -0.145. The molecular formula is C18H13Cl2FO3S. The minimum Gasteiger partial charge on any atom is -0.480 e. The minimum atomic E-state index is -0.493. The van der Waals surface area contributed by atoms with Gasteiger partial charge in [0.05, 0.1) is 16.3 Å². The number of hydrogen-bond acceptors (Lipinski definition) is 4. The number of ether oxygens (including phenoxy) is 2. The van der Waals surface area contributed by atoms with Gasteiger partial charge in [0, 0.05) is 10.4 Å². The lowest BCUT2D eigenvalue weighted by Crippen LogP contribution is -2.14. The second kappa shape index (κ2) is 7.60. The van der Waals surface area contributed by atoms with Crippen LogP contribution in [0.15, 0.2) is 36.4 Å². The highest BCUT2D eigenvalue weighted by atomic mass is 35.5. The van der Waals surface area contributed by atoms with Gasteiger partial charge in [-0.05, 0) is 30.5 Å². The van der Waals surface area contributed by atoms with E-state index in [9.17, 15) is 9.18 Å². The first kappa shape index (κ1) is 18.0. The standard InChI is InChI=1S/C18H13Cl2FO3S/c1-2-23-15(22)9-24-13-7-10-8-14(11-5-3-4-6-12(11)21)25-18(10)17(20)16(13)19/h3-8H,2,9H2,1H3. The maximum Gasteiger partial charge on any atom is 0.344 e. The van der Waals surface area contributed by atoms with E-state index in [1.165, 1.54) is 17.4 Å². The molecule has 0 spiro atoms. The van der Waals surface area contributed by atoms with Crippen molar-refractivity contribution in [3.8, 4) is 16.2 Å². The summed E-state index contributed by atoms with van der Waals surface area (Å²) >= 11 is 13.9. The van der Waals surface area contributed by atoms with Gasteiger partial charge in [0.1, 0.15) is 16.6 Å². The topological polar surface area (TPSA) is 35.5 Å². The Labute approximate surface area is 157 Å². The molecule has 0 bridgehead atoms. The van der Waals surface area contributed by atoms with Crippen LogP contribution in [0.1, 0.15) is 6.92 Å². The van der Waals surface area contributed by atoms with Crippen molar-refractivity contribution in [3.05, 3.63) is 52.3 Å². The van der Waals surface area contributed by atoms with Gasteiger partial charge in [0.2, 0.25) is 0 Å². The van der Waals surface area contributed by atoms with Gasteiger partial charge in [-0.2, -0.15) is 0 Å². The van der Waals surface area contributed by atoms with Gasteiger partial charge in [-0.15, -0.1) is 11.3 Å². The largest absolute Gasteiger partial charge is 0.480 e. The highest BCUT2D eigenvalue weighted by Crippen LogP contribution is 2.44. The van der Waals surface area contributed by atoms with Crippen LogP contribution in [0.2, 0.25) is 10.0 Å². The molecule has 0 atom stereocenters. The van der Waals surface area contributed by atoms with Crippen LogP contribution in [0.25, 0.3) is 20.5 Å². The van der Waals surface area contributed by atoms with E-state index in [0.717, 1.165) is 15.0 Å². The van der Waals surface area contributed by atoms with Crippen molar-refractivity contribution in [1.82, 2.24) is 0 Å². The molecule has 3 nitrogen and oxygen atoms in total. The predicted octanol–water partition coefficient (Wildman–Crippen LogP) is 5.96. The maximum atomic E-state index is 14.0. The molecule has 1 aromatic heterocycles. The molecule has 0 N–H and O–H groups in total. The summed E-state index contributed by atoms with van der Waals surface area (Å²) in [6.45, 7) is 1.72. The van der Waals surface area contributed by atoms with Gasteiger partial charge in [-0.1, -0.05) is 41.4 Å². The minimum absolute atomic E-state index is 0.209. The molecule has 2 aromatic carbocycles. The van der Waals surface area contributed by atoms with E-state index >= 15 is 0 Å². The number of hydrogen-bond donors (Lipinski definition) is 0. The van der Waals surface area contributed by atoms with Crippen molar-refractivity contribution in [2.24, 2.45) is 0 Å². The van der Waals surface area contributed by atoms with Crippen LogP contribution >= 0.6 is 34.5 Å². The average Bonchev–Trinajstić information content (AvgIpc) is 3.01. The summed E-state index contributed by atoms with van der Waals surface area (Å²) in [5.74, 6) is -0.521. The summed E-state index contributed by atoms with van der Waals surface area (Å²) in [6.07, 6.45) is 0. The summed E-state index contributed by atoms with van der Waals surface area (Å²) < 4.78 is 25.0. The van der Waals surface area contributed by atoms with Gasteiger partial charge in [0.25, 0.3) is 0 Å². The van der Waals surface area contributed by atoms with Crippen molar-refractivity contribution >= 4 is 50.6 Å². The van der Waals surface area contributed by atoms with Crippen molar-refractivity contribution < 1.29 is 18.7 Å². The predicted molar refractivity (Wildman–Crippen MR) is 99.4 cm³/mol. The van der Waals surface area contributed by atoms with Crippen molar-refractivity contribution in [1.29, 1.82) is 0 Å². The van der Waals surface area contributed by atoms with E-state index < -0.39 is 5.97 Å². The fourth-order valence-electron chi connectivity index (χ4n) is 2.33. The fraction of sp³-hybridized carbons (Fsp3) is 0.167. The molecule has 1 heterocycles. The van der Waals surface area contributed by atoms with Gasteiger partial charge in [-0.25, -0.2) is 9.18 Å². The molecular weight excluding hydrogens is 386 g/mol. The first-order chi connectivity index (χ1) is 12.0. The molecule has 0 aliphatic rings. The number of halogens is 3. The summed E-state index contributed by atoms with van der Waals surface area (Å²) in [6, 6.07) is 10.0. The van der Waals surface area contributed by atoms with Crippen LogP contribution in [-0.4, -0.2) is 19.2 Å². The molecule has 25 heavy (non-hydrogen) atoms. The van der Waals surface area contributed by atoms with Gasteiger partial charge >= 0.3 is 5.97 Å². The van der Waals surface area contributed by atoms with Crippen LogP contribution in [0.5, 0.6) is 5.75 Å². The molecule has 0 amide bonds. The molecule has 0 saturated heterocycles. The van der Waals surface area contributed by atoms with Crippen LogP contribution < -0.4 is 4.74 Å². The van der Waals surface area contributed by atoms with Crippen LogP contribution in [0.3, 0.4) is 0 Å². The van der Waals surface area contributed by atoms with Crippen LogP contribution in [0, 0.1) is 5.82 Å². The smallest absolute Gasteiger partial charge is 0.344 e. The third kappa shape index (κ3) is 3.73. The number of esters is 1. The van der Waals surface area contributed by atoms with E-state index in [4.69, 9.17) is 32.7 Å². The Bertz CT molecular complexity index is 939. The Morgan fingerprint density at radius 2 is 1.96 bits per heavy atom. The second-order valence-electron chi connectivity index (χ2n) is 5.11. The highest BCUT2D eigenvalue weighted by Gasteiger charge is 2.17. The molecule has 0 radical (unpaired) electrons. The van der Waals surface area contributed by atoms with Crippen molar-refractivity contribution in [3.63, 3.8) is 0 Å². The van der Waals surface area contributed by atoms with Gasteiger partial charge in [-0.3, -0.25) is 0 Å². The number of fused-ring (bicyclic) bond motifs is 1. The zero-order valence-electron chi connectivity index (χ0n) is 13.1. The molecule has 130 valence electrons. The molecule has 3 rings (SSSR count). The monoisotopic (exact) mass is 398 g/mol. The Morgan fingerprint density at radius 1 is 1.20 bits per heavy atom. The maximum absolute atomic E-state index is 14.0. The summed E-state index contributed by atoms with van der Waals surface area (Å²) in [7, 11) is 0. The Balaban J connectivity index is 1.98. The van der Waals surface area contributed by atoms with Gasteiger partial charge < -0.3 is 9.47 Å². The molecule has 0 aliphatic heterocycles. The SMILES string of the molecule is CCOC(=O)COc1cc2cc(-c3ccccc3F)sc2c(Cl)c1Cl. The van der Waals surface area contributed by atoms with E-state index in [1.807, 2.05) is 6.07 Å². The zero-order chi connectivity index (χ0) is 18.0. The number of rotatable bonds is 5. The second-order valence-corrected chi connectivity index (χ2v) is 6.91. The van der Waals surface area contributed by atoms with E-state index in [2.05, 4.69) is 0 Å². The van der Waals surface area contributed by atoms with Crippen LogP contribution in [0.4, 0.5) is 4.39 Å². The number of benzene rings is 2.